The Bertz CT molecular complexity index is 6130. The molecular weight excluding hydrogens is 1810 g/mol. The average Bonchev–Trinajstić information content (AvgIpc) is 0.772. The van der Waals surface area contributed by atoms with Gasteiger partial charge >= 0.3 is 65.7 Å². The van der Waals surface area contributed by atoms with E-state index in [9.17, 15) is 48.6 Å². The molecule has 0 aromatic heterocycles. The van der Waals surface area contributed by atoms with E-state index in [4.69, 9.17) is 90.0 Å². The summed E-state index contributed by atoms with van der Waals surface area (Å²) >= 11 is 0. The standard InChI is InChI=1S/C108H92O32/c109-82-88(135-99(116)72-49-25-7-26-50-72)84(131-95(112)68-41-17-3-18-42-68)79(127-105(82)123-61-66-37-13-1-14-38-66)64-126-108-93(140-104(121)77-59-35-12-36-60-77)91(138-102(119)75-55-31-10-32-56-75)87(134-98(115)71-47-23-6-24-48-71)81(130-108)63-124-106-83(110)89(136-100(117)73-51-27-8-28-52-73)85(132-96(113)69-43-19-4-20-44-69)80(128-106)65-125-107-92(139-103(120)76-57-33-11-34-58-76)90(137-101(118)74-53-29-9-30-54-74)86(133-97(114)70-45-21-5-22-46-70)78(129-107)62-122-94(111)67-39-15-2-16-40-67/h1-60,78-93,105-110H,61-65H2/t78-,79-,80-,81-,82-,83-,84+,85+,86+,87+,88-,89-,90+,91+,92-,93-,105-,106-,107-,108-/m1/s1. The SMILES string of the molecule is O=C(OC[C@H]1O[C@@H](OC[C@H]2O[C@@H](OC[C@H]3O[C@@H](OC[C@H]4O[C@@H](OCc5ccccc5)[C@H](O)[C@@H](OC(=O)c5ccccc5)[C@H]4OC(=O)c4ccccc4)[C@H](OC(=O)c4ccccc4)[C@@H](OC(=O)c4ccccc4)[C@H]3OC(=O)c3ccccc3)[C@H](O)[C@@H](OC(=O)c3ccccc3)[C@H]2OC(=O)c2ccccc2)[C@H](OC(=O)c2ccccc2)[C@@H](OC(=O)c2ccccc2)[C@H]1OC(=O)c1ccccc1)c1ccccc1. The van der Waals surface area contributed by atoms with Gasteiger partial charge in [-0.25, -0.2) is 52.7 Å². The van der Waals surface area contributed by atoms with Gasteiger partial charge in [-0.15, -0.1) is 0 Å². The maximum atomic E-state index is 15.2. The van der Waals surface area contributed by atoms with E-state index in [1.54, 1.807) is 146 Å². The highest BCUT2D eigenvalue weighted by atomic mass is 16.8. The number of rotatable bonds is 35. The fourth-order valence-electron chi connectivity index (χ4n) is 15.8. The fraction of sp³-hybridized carbons (Fsp3) is 0.231. The third-order valence-electron chi connectivity index (χ3n) is 22.9. The van der Waals surface area contributed by atoms with Crippen LogP contribution in [0.5, 0.6) is 0 Å². The van der Waals surface area contributed by atoms with Gasteiger partial charge < -0.3 is 100 Å². The van der Waals surface area contributed by atoms with Gasteiger partial charge in [0, 0.05) is 0 Å². The summed E-state index contributed by atoms with van der Waals surface area (Å²) in [6.07, 6.45) is -40.6. The second kappa shape index (κ2) is 47.5. The molecule has 716 valence electrons. The minimum absolute atomic E-state index is 0.00413. The van der Waals surface area contributed by atoms with Crippen LogP contribution >= 0.6 is 0 Å². The first-order chi connectivity index (χ1) is 68.3. The van der Waals surface area contributed by atoms with Crippen molar-refractivity contribution in [2.45, 2.75) is 129 Å². The van der Waals surface area contributed by atoms with Crippen molar-refractivity contribution >= 4 is 65.7 Å². The van der Waals surface area contributed by atoms with Crippen molar-refractivity contribution in [3.8, 4) is 0 Å². The maximum Gasteiger partial charge on any atom is 0.338 e. The summed E-state index contributed by atoms with van der Waals surface area (Å²) in [5.41, 5.74) is -0.0625. The molecule has 0 aliphatic carbocycles. The number of carbonyl (C=O) groups is 11. The fourth-order valence-corrected chi connectivity index (χ4v) is 15.8. The third kappa shape index (κ3) is 24.9. The van der Waals surface area contributed by atoms with Crippen molar-refractivity contribution < 1.29 is 153 Å². The van der Waals surface area contributed by atoms with Gasteiger partial charge in [0.05, 0.1) is 87.6 Å². The summed E-state index contributed by atoms with van der Waals surface area (Å²) in [7, 11) is 0. The van der Waals surface area contributed by atoms with Crippen molar-refractivity contribution in [2.24, 2.45) is 0 Å². The lowest BCUT2D eigenvalue weighted by Gasteiger charge is -2.47. The molecule has 2 N–H and O–H groups in total. The lowest BCUT2D eigenvalue weighted by Crippen LogP contribution is -2.66. The van der Waals surface area contributed by atoms with E-state index in [2.05, 4.69) is 0 Å². The van der Waals surface area contributed by atoms with Gasteiger partial charge in [0.2, 0.25) is 0 Å². The van der Waals surface area contributed by atoms with E-state index in [1.807, 2.05) is 0 Å². The summed E-state index contributed by atoms with van der Waals surface area (Å²) in [5, 5.41) is 25.9. The molecule has 0 spiro atoms. The van der Waals surface area contributed by atoms with Crippen LogP contribution in [-0.2, 0) is 96.6 Å². The Hall–Kier alpha value is -15.6. The third-order valence-corrected chi connectivity index (χ3v) is 22.9. The quantitative estimate of drug-likeness (QED) is 0.0275. The van der Waals surface area contributed by atoms with Gasteiger partial charge in [-0.05, 0) is 139 Å². The Morgan fingerprint density at radius 1 is 0.186 bits per heavy atom. The van der Waals surface area contributed by atoms with Gasteiger partial charge in [-0.2, -0.15) is 0 Å². The Labute approximate surface area is 801 Å². The molecule has 4 fully saturated rings. The van der Waals surface area contributed by atoms with Crippen molar-refractivity contribution in [1.29, 1.82) is 0 Å². The van der Waals surface area contributed by atoms with Crippen molar-refractivity contribution in [2.75, 3.05) is 26.4 Å². The van der Waals surface area contributed by atoms with E-state index in [1.165, 1.54) is 218 Å². The molecule has 12 aromatic rings. The predicted octanol–water partition coefficient (Wildman–Crippen LogP) is 13.0. The summed E-state index contributed by atoms with van der Waals surface area (Å²) < 4.78 is 124. The molecule has 0 amide bonds. The number of hydrogen-bond donors (Lipinski definition) is 2. The zero-order chi connectivity index (χ0) is 97.2. The molecule has 0 radical (unpaired) electrons. The molecule has 140 heavy (non-hydrogen) atoms. The molecule has 4 aliphatic heterocycles. The molecule has 0 bridgehead atoms. The monoisotopic (exact) mass is 1900 g/mol. The molecule has 32 heteroatoms. The predicted molar refractivity (Wildman–Crippen MR) is 489 cm³/mol. The van der Waals surface area contributed by atoms with Crippen LogP contribution in [-0.4, -0.2) is 225 Å². The Balaban J connectivity index is 0.812. The number of aliphatic hydroxyl groups excluding tert-OH is 2. The van der Waals surface area contributed by atoms with Crippen LogP contribution in [0.4, 0.5) is 0 Å². The molecule has 0 unspecified atom stereocenters. The van der Waals surface area contributed by atoms with Crippen molar-refractivity contribution in [3.05, 3.63) is 431 Å². The van der Waals surface area contributed by atoms with E-state index in [-0.39, 0.29) is 67.8 Å². The number of hydrogen-bond acceptors (Lipinski definition) is 32. The van der Waals surface area contributed by atoms with E-state index in [0.717, 1.165) is 0 Å². The van der Waals surface area contributed by atoms with Crippen LogP contribution in [0.1, 0.15) is 120 Å². The van der Waals surface area contributed by atoms with Crippen LogP contribution < -0.4 is 0 Å². The molecule has 32 nitrogen and oxygen atoms in total. The van der Waals surface area contributed by atoms with Crippen LogP contribution in [0.3, 0.4) is 0 Å². The zero-order valence-electron chi connectivity index (χ0n) is 74.4. The van der Waals surface area contributed by atoms with Gasteiger partial charge in [-0.3, -0.25) is 0 Å². The molecule has 12 aromatic carbocycles. The first-order valence-corrected chi connectivity index (χ1v) is 44.6. The summed E-state index contributed by atoms with van der Waals surface area (Å²) in [4.78, 5) is 163. The minimum Gasteiger partial charge on any atom is -0.459 e. The van der Waals surface area contributed by atoms with Crippen molar-refractivity contribution in [3.63, 3.8) is 0 Å². The van der Waals surface area contributed by atoms with Gasteiger partial charge in [0.15, 0.2) is 86.2 Å². The number of ether oxygens (including phenoxy) is 19. The Morgan fingerprint density at radius 3 is 0.600 bits per heavy atom. The molecule has 4 aliphatic rings. The summed E-state index contributed by atoms with van der Waals surface area (Å²) in [5.74, 6) is -11.8. The van der Waals surface area contributed by atoms with E-state index < -0.39 is 215 Å². The first-order valence-electron chi connectivity index (χ1n) is 44.6. The van der Waals surface area contributed by atoms with Crippen molar-refractivity contribution in [1.82, 2.24) is 0 Å². The summed E-state index contributed by atoms with van der Waals surface area (Å²) in [6.45, 7) is -4.12. The molecule has 0 saturated carbocycles. The smallest absolute Gasteiger partial charge is 0.338 e. The second-order valence-electron chi connectivity index (χ2n) is 32.3. The molecule has 4 saturated heterocycles. The Kier molecular flexibility index (Phi) is 33.0. The number of esters is 11. The normalized spacial score (nSPS) is 24.1. The first kappa shape index (κ1) is 97.5. The number of aliphatic hydroxyl groups is 2. The molecule has 4 heterocycles. The maximum absolute atomic E-state index is 15.2. The van der Waals surface area contributed by atoms with Crippen LogP contribution in [0.2, 0.25) is 0 Å². The molecule has 20 atom stereocenters. The lowest BCUT2D eigenvalue weighted by molar-refractivity contribution is -0.345. The van der Waals surface area contributed by atoms with Crippen LogP contribution in [0.25, 0.3) is 0 Å². The van der Waals surface area contributed by atoms with Gasteiger partial charge in [-0.1, -0.05) is 231 Å². The highest BCUT2D eigenvalue weighted by molar-refractivity contribution is 5.95. The van der Waals surface area contributed by atoms with Gasteiger partial charge in [0.1, 0.15) is 43.2 Å². The molecule has 16 rings (SSSR count). The van der Waals surface area contributed by atoms with E-state index in [0.29, 0.717) is 5.56 Å². The lowest BCUT2D eigenvalue weighted by atomic mass is 9.96. The van der Waals surface area contributed by atoms with Crippen LogP contribution in [0.15, 0.2) is 364 Å². The Morgan fingerprint density at radius 2 is 0.357 bits per heavy atom. The highest BCUT2D eigenvalue weighted by Gasteiger charge is 2.59. The zero-order valence-corrected chi connectivity index (χ0v) is 74.4. The second-order valence-corrected chi connectivity index (χ2v) is 32.3. The minimum atomic E-state index is -2.36. The van der Waals surface area contributed by atoms with Crippen LogP contribution in [0, 0.1) is 0 Å². The summed E-state index contributed by atoms with van der Waals surface area (Å²) in [6, 6.07) is 91.4. The highest BCUT2D eigenvalue weighted by Crippen LogP contribution is 2.39. The van der Waals surface area contributed by atoms with E-state index >= 15 is 14.4 Å². The van der Waals surface area contributed by atoms with Gasteiger partial charge in [0.25, 0.3) is 0 Å². The number of benzene rings is 12. The number of carbonyl (C=O) groups excluding carboxylic acids is 11. The average molecular weight is 1900 g/mol. The molecular formula is C108H92O32. The largest absolute Gasteiger partial charge is 0.459 e. The topological polar surface area (TPSA) is 404 Å².